The Morgan fingerprint density at radius 1 is 1.50 bits per heavy atom. The van der Waals surface area contributed by atoms with Crippen LogP contribution in [0, 0.1) is 5.92 Å². The molecule has 1 aliphatic carbocycles. The maximum atomic E-state index is 12.3. The molecule has 0 unspecified atom stereocenters. The zero-order valence-electron chi connectivity index (χ0n) is 11.6. The van der Waals surface area contributed by atoms with E-state index in [-0.39, 0.29) is 5.91 Å². The van der Waals surface area contributed by atoms with Gasteiger partial charge in [-0.25, -0.2) is 0 Å². The maximum absolute atomic E-state index is 12.3. The summed E-state index contributed by atoms with van der Waals surface area (Å²) in [5.41, 5.74) is 3.03. The lowest BCUT2D eigenvalue weighted by molar-refractivity contribution is 0.0949. The van der Waals surface area contributed by atoms with E-state index in [0.717, 1.165) is 30.0 Å². The molecule has 2 heterocycles. The van der Waals surface area contributed by atoms with E-state index in [9.17, 15) is 4.79 Å². The van der Waals surface area contributed by atoms with Gasteiger partial charge in [0.1, 0.15) is 0 Å². The topological polar surface area (TPSA) is 42.0 Å². The van der Waals surface area contributed by atoms with E-state index in [1.54, 1.807) is 17.5 Å². The zero-order chi connectivity index (χ0) is 13.9. The normalized spacial score (nSPS) is 17.6. The van der Waals surface area contributed by atoms with Gasteiger partial charge in [0.05, 0.1) is 17.8 Å². The summed E-state index contributed by atoms with van der Waals surface area (Å²) >= 11 is 1.73. The lowest BCUT2D eigenvalue weighted by Gasteiger charge is -2.18. The van der Waals surface area contributed by atoms with Crippen LogP contribution in [-0.2, 0) is 19.4 Å². The van der Waals surface area contributed by atoms with Crippen molar-refractivity contribution in [2.45, 2.75) is 32.7 Å². The number of nitrogens with zero attached hydrogens (tertiary/aromatic N) is 1. The van der Waals surface area contributed by atoms with Gasteiger partial charge < -0.3 is 5.32 Å². The molecule has 0 bridgehead atoms. The first-order valence-electron chi connectivity index (χ1n) is 7.01. The number of nitrogens with one attached hydrogen (secondary N) is 1. The second kappa shape index (κ2) is 5.75. The fraction of sp³-hybridized carbons (Fsp3) is 0.375. The van der Waals surface area contributed by atoms with Crippen molar-refractivity contribution in [1.29, 1.82) is 0 Å². The summed E-state index contributed by atoms with van der Waals surface area (Å²) in [5, 5.41) is 4.98. The Labute approximate surface area is 123 Å². The third kappa shape index (κ3) is 2.75. The number of aromatic nitrogens is 1. The van der Waals surface area contributed by atoms with E-state index in [4.69, 9.17) is 0 Å². The molecule has 1 amide bonds. The van der Waals surface area contributed by atoms with E-state index < -0.39 is 0 Å². The molecule has 3 nitrogen and oxygen atoms in total. The van der Waals surface area contributed by atoms with E-state index in [1.807, 2.05) is 23.6 Å². The molecule has 0 fully saturated rings. The van der Waals surface area contributed by atoms with Gasteiger partial charge in [0.25, 0.3) is 5.91 Å². The Balaban J connectivity index is 1.69. The Kier molecular flexibility index (Phi) is 3.83. The van der Waals surface area contributed by atoms with Gasteiger partial charge in [0, 0.05) is 16.5 Å². The quantitative estimate of drug-likeness (QED) is 0.941. The van der Waals surface area contributed by atoms with Crippen LogP contribution in [0.5, 0.6) is 0 Å². The SMILES string of the molecule is C[C@H]1CCc2c(C(=O)NCc3ccccn3)csc2C1. The van der Waals surface area contributed by atoms with Gasteiger partial charge in [-0.1, -0.05) is 13.0 Å². The number of carbonyl (C=O) groups is 1. The standard InChI is InChI=1S/C16H18N2OS/c1-11-5-6-13-14(10-20-15(13)8-11)16(19)18-9-12-4-2-3-7-17-12/h2-4,7,10-11H,5-6,8-9H2,1H3,(H,18,19)/t11-/m0/s1. The molecule has 2 aromatic rings. The average molecular weight is 286 g/mol. The van der Waals surface area contributed by atoms with Crippen molar-refractivity contribution in [1.82, 2.24) is 10.3 Å². The van der Waals surface area contributed by atoms with Crippen molar-refractivity contribution in [3.05, 3.63) is 51.5 Å². The monoisotopic (exact) mass is 286 g/mol. The number of carbonyl (C=O) groups excluding carboxylic acids is 1. The number of pyridine rings is 1. The molecule has 0 saturated heterocycles. The summed E-state index contributed by atoms with van der Waals surface area (Å²) < 4.78 is 0. The van der Waals surface area contributed by atoms with E-state index in [0.29, 0.717) is 6.54 Å². The van der Waals surface area contributed by atoms with Crippen LogP contribution in [0.1, 0.15) is 39.8 Å². The molecule has 3 rings (SSSR count). The highest BCUT2D eigenvalue weighted by atomic mass is 32.1. The number of amides is 1. The molecule has 4 heteroatoms. The summed E-state index contributed by atoms with van der Waals surface area (Å²) in [6, 6.07) is 5.73. The third-order valence-electron chi connectivity index (χ3n) is 3.80. The highest BCUT2D eigenvalue weighted by molar-refractivity contribution is 7.10. The van der Waals surface area contributed by atoms with Crippen molar-refractivity contribution < 1.29 is 4.79 Å². The van der Waals surface area contributed by atoms with Crippen LogP contribution in [-0.4, -0.2) is 10.9 Å². The summed E-state index contributed by atoms with van der Waals surface area (Å²) in [7, 11) is 0. The fourth-order valence-electron chi connectivity index (χ4n) is 2.64. The average Bonchev–Trinajstić information content (AvgIpc) is 2.89. The van der Waals surface area contributed by atoms with E-state index >= 15 is 0 Å². The molecule has 104 valence electrons. The minimum Gasteiger partial charge on any atom is -0.346 e. The van der Waals surface area contributed by atoms with Gasteiger partial charge in [-0.05, 0) is 42.9 Å². The van der Waals surface area contributed by atoms with Crippen LogP contribution < -0.4 is 5.32 Å². The van der Waals surface area contributed by atoms with Crippen molar-refractivity contribution in [2.24, 2.45) is 5.92 Å². The van der Waals surface area contributed by atoms with Gasteiger partial charge in [0.15, 0.2) is 0 Å². The van der Waals surface area contributed by atoms with Crippen LogP contribution in [0.2, 0.25) is 0 Å². The molecule has 0 radical (unpaired) electrons. The molecular weight excluding hydrogens is 268 g/mol. The van der Waals surface area contributed by atoms with Crippen LogP contribution in [0.25, 0.3) is 0 Å². The second-order valence-corrected chi connectivity index (χ2v) is 6.37. The predicted octanol–water partition coefficient (Wildman–Crippen LogP) is 3.20. The van der Waals surface area contributed by atoms with E-state index in [1.165, 1.54) is 16.9 Å². The molecule has 2 aromatic heterocycles. The van der Waals surface area contributed by atoms with Gasteiger partial charge in [-0.2, -0.15) is 0 Å². The minimum atomic E-state index is 0.0303. The number of rotatable bonds is 3. The predicted molar refractivity (Wildman–Crippen MR) is 80.9 cm³/mol. The first-order valence-corrected chi connectivity index (χ1v) is 7.89. The van der Waals surface area contributed by atoms with Crippen molar-refractivity contribution in [3.8, 4) is 0 Å². The molecule has 1 atom stereocenters. The highest BCUT2D eigenvalue weighted by Crippen LogP contribution is 2.32. The molecule has 0 spiro atoms. The first-order chi connectivity index (χ1) is 9.74. The Hall–Kier alpha value is -1.68. The molecular formula is C16H18N2OS. The zero-order valence-corrected chi connectivity index (χ0v) is 12.4. The van der Waals surface area contributed by atoms with Gasteiger partial charge in [0.2, 0.25) is 0 Å². The lowest BCUT2D eigenvalue weighted by atomic mass is 9.88. The van der Waals surface area contributed by atoms with Crippen molar-refractivity contribution in [3.63, 3.8) is 0 Å². The number of hydrogen-bond acceptors (Lipinski definition) is 3. The molecule has 0 aromatic carbocycles. The maximum Gasteiger partial charge on any atom is 0.252 e. The van der Waals surface area contributed by atoms with E-state index in [2.05, 4.69) is 17.2 Å². The Morgan fingerprint density at radius 2 is 2.40 bits per heavy atom. The van der Waals surface area contributed by atoms with Crippen LogP contribution >= 0.6 is 11.3 Å². The van der Waals surface area contributed by atoms with Crippen LogP contribution in [0.4, 0.5) is 0 Å². The molecule has 20 heavy (non-hydrogen) atoms. The largest absolute Gasteiger partial charge is 0.346 e. The van der Waals surface area contributed by atoms with Gasteiger partial charge >= 0.3 is 0 Å². The Morgan fingerprint density at radius 3 is 3.20 bits per heavy atom. The summed E-state index contributed by atoms with van der Waals surface area (Å²) in [5.74, 6) is 0.772. The van der Waals surface area contributed by atoms with Crippen molar-refractivity contribution >= 4 is 17.2 Å². The number of hydrogen-bond donors (Lipinski definition) is 1. The second-order valence-electron chi connectivity index (χ2n) is 5.40. The minimum absolute atomic E-state index is 0.0303. The molecule has 1 aliphatic rings. The third-order valence-corrected chi connectivity index (χ3v) is 4.85. The number of thiophene rings is 1. The van der Waals surface area contributed by atoms with Gasteiger partial charge in [-0.15, -0.1) is 11.3 Å². The first kappa shape index (κ1) is 13.3. The molecule has 1 N–H and O–H groups in total. The highest BCUT2D eigenvalue weighted by Gasteiger charge is 2.22. The van der Waals surface area contributed by atoms with Crippen LogP contribution in [0.15, 0.2) is 29.8 Å². The number of fused-ring (bicyclic) bond motifs is 1. The lowest BCUT2D eigenvalue weighted by Crippen LogP contribution is -2.24. The summed E-state index contributed by atoms with van der Waals surface area (Å²) in [4.78, 5) is 17.9. The summed E-state index contributed by atoms with van der Waals surface area (Å²) in [6.45, 7) is 2.77. The Bertz CT molecular complexity index is 606. The molecule has 0 saturated carbocycles. The van der Waals surface area contributed by atoms with Crippen LogP contribution in [0.3, 0.4) is 0 Å². The van der Waals surface area contributed by atoms with Gasteiger partial charge in [-0.3, -0.25) is 9.78 Å². The summed E-state index contributed by atoms with van der Waals surface area (Å²) in [6.07, 6.45) is 5.08. The molecule has 0 aliphatic heterocycles. The van der Waals surface area contributed by atoms with Crippen molar-refractivity contribution in [2.75, 3.05) is 0 Å². The smallest absolute Gasteiger partial charge is 0.252 e. The fourth-order valence-corrected chi connectivity index (χ4v) is 3.88.